The molecule has 2 aromatic heterocycles. The van der Waals surface area contributed by atoms with Crippen molar-refractivity contribution in [1.29, 1.82) is 0 Å². The molecular weight excluding hydrogens is 1450 g/mol. The number of hydrogen-bond acceptors (Lipinski definition) is 10. The molecule has 2 spiro atoms. The first-order valence-corrected chi connectivity index (χ1v) is 39.2. The van der Waals surface area contributed by atoms with Gasteiger partial charge in [0.1, 0.15) is 0 Å². The summed E-state index contributed by atoms with van der Waals surface area (Å²) in [6, 6.07) is 143. The van der Waals surface area contributed by atoms with Crippen LogP contribution in [-0.2, 0) is 10.8 Å². The Balaban J connectivity index is 0.000000127. The third-order valence-electron chi connectivity index (χ3n) is 22.6. The van der Waals surface area contributed by atoms with E-state index in [-0.39, 0.29) is 7.43 Å². The second-order valence-corrected chi connectivity index (χ2v) is 29.5. The minimum Gasteiger partial charge on any atom is -0.423 e. The van der Waals surface area contributed by atoms with Gasteiger partial charge < -0.3 is 19.8 Å². The van der Waals surface area contributed by atoms with Crippen molar-refractivity contribution in [2.45, 2.75) is 18.3 Å². The highest BCUT2D eigenvalue weighted by molar-refractivity contribution is 6.58. The third kappa shape index (κ3) is 12.7. The Morgan fingerprint density at radius 1 is 0.222 bits per heavy atom. The van der Waals surface area contributed by atoms with Gasteiger partial charge in [0, 0.05) is 49.8 Å². The van der Waals surface area contributed by atoms with E-state index < -0.39 is 17.9 Å². The van der Waals surface area contributed by atoms with E-state index in [0.717, 1.165) is 78.4 Å². The van der Waals surface area contributed by atoms with Crippen LogP contribution in [0.5, 0.6) is 0 Å². The highest BCUT2D eigenvalue weighted by Gasteiger charge is 2.54. The quantitative estimate of drug-likeness (QED) is 0.128. The van der Waals surface area contributed by atoms with E-state index in [1.54, 1.807) is 0 Å². The summed E-state index contributed by atoms with van der Waals surface area (Å²) in [5.74, 6) is 3.83. The van der Waals surface area contributed by atoms with Crippen LogP contribution in [0.3, 0.4) is 0 Å². The summed E-state index contributed by atoms with van der Waals surface area (Å²) in [4.78, 5) is 33.8. The largest absolute Gasteiger partial charge is 0.488 e. The van der Waals surface area contributed by atoms with Crippen LogP contribution in [0.1, 0.15) is 51.9 Å². The summed E-state index contributed by atoms with van der Waals surface area (Å²) in [5.41, 5.74) is 28.7. The zero-order valence-electron chi connectivity index (χ0n) is 62.7. The molecule has 4 aliphatic rings. The van der Waals surface area contributed by atoms with Crippen molar-refractivity contribution < 1.29 is 10.0 Å². The lowest BCUT2D eigenvalue weighted by Gasteiger charge is -2.45. The van der Waals surface area contributed by atoms with Crippen molar-refractivity contribution in [3.05, 3.63) is 462 Å². The number of fused-ring (bicyclic) bond motifs is 18. The van der Waals surface area contributed by atoms with E-state index in [4.69, 9.17) is 26.6 Å². The molecule has 0 bridgehead atoms. The van der Waals surface area contributed by atoms with Crippen LogP contribution in [0.15, 0.2) is 413 Å². The molecule has 0 radical (unpaired) electrons. The van der Waals surface area contributed by atoms with E-state index in [0.29, 0.717) is 45.4 Å². The summed E-state index contributed by atoms with van der Waals surface area (Å²) in [7, 11) is -1.53. The SMILES string of the molecule is C.Clc1cccc(-c2nc(-c3ccccc3)nc(-c3ccccc3)n2)c1.OB(O)c1ccc2c(c1)C1(c3ccccc3-2)c2ccccc2N(c2ccccc2)c2ccccc21.c1ccc(-c2nc(-c3ccccc3)nc(-c3cccc(-c4ccc5c(c4)C4(c6ccccc6-5)c5ccccc5N(c5ccccc5)c5ccccc54)c3)n2)cc1. The molecule has 2 aliphatic carbocycles. The van der Waals surface area contributed by atoms with Crippen LogP contribution < -0.4 is 15.3 Å². The molecule has 117 heavy (non-hydrogen) atoms. The number of rotatable bonds is 10. The maximum atomic E-state index is 10.1. The van der Waals surface area contributed by atoms with Crippen LogP contribution in [0.2, 0.25) is 5.02 Å². The Hall–Kier alpha value is -14.6. The van der Waals surface area contributed by atoms with Crippen LogP contribution in [0.4, 0.5) is 34.1 Å². The number of hydrogen-bond donors (Lipinski definition) is 2. The van der Waals surface area contributed by atoms with Crippen LogP contribution in [-0.4, -0.2) is 47.1 Å². The number of nitrogens with zero attached hydrogens (tertiary/aromatic N) is 8. The molecule has 4 heterocycles. The molecule has 16 aromatic carbocycles. The first kappa shape index (κ1) is 72.6. The lowest BCUT2D eigenvalue weighted by atomic mass is 9.63. The molecule has 10 nitrogen and oxygen atoms in total. The van der Waals surface area contributed by atoms with Crippen molar-refractivity contribution in [1.82, 2.24) is 29.9 Å². The van der Waals surface area contributed by atoms with Crippen molar-refractivity contribution in [2.24, 2.45) is 0 Å². The smallest absolute Gasteiger partial charge is 0.423 e. The Morgan fingerprint density at radius 2 is 0.496 bits per heavy atom. The van der Waals surface area contributed by atoms with Gasteiger partial charge in [0.25, 0.3) is 0 Å². The van der Waals surface area contributed by atoms with Gasteiger partial charge in [-0.2, -0.15) is 0 Å². The van der Waals surface area contributed by atoms with Crippen molar-refractivity contribution >= 4 is 58.3 Å². The van der Waals surface area contributed by atoms with E-state index in [9.17, 15) is 10.0 Å². The van der Waals surface area contributed by atoms with Crippen LogP contribution in [0.25, 0.3) is 102 Å². The predicted octanol–water partition coefficient (Wildman–Crippen LogP) is 24.4. The monoisotopic (exact) mass is 1520 g/mol. The summed E-state index contributed by atoms with van der Waals surface area (Å²) in [6.45, 7) is 0. The van der Waals surface area contributed by atoms with Gasteiger partial charge in [0.15, 0.2) is 34.9 Å². The van der Waals surface area contributed by atoms with Gasteiger partial charge in [0.2, 0.25) is 0 Å². The Morgan fingerprint density at radius 3 is 0.872 bits per heavy atom. The Bertz CT molecular complexity index is 6530. The zero-order valence-corrected chi connectivity index (χ0v) is 63.4. The highest BCUT2D eigenvalue weighted by Crippen LogP contribution is 2.65. The number of anilines is 6. The maximum Gasteiger partial charge on any atom is 0.488 e. The fraction of sp³-hybridized carbons (Fsp3) is 0.0286. The van der Waals surface area contributed by atoms with Crippen molar-refractivity contribution in [3.8, 4) is 102 Å². The van der Waals surface area contributed by atoms with E-state index >= 15 is 0 Å². The Labute approximate surface area is 685 Å². The summed E-state index contributed by atoms with van der Waals surface area (Å²) >= 11 is 6.14. The minimum absolute atomic E-state index is 0. The third-order valence-corrected chi connectivity index (χ3v) is 22.8. The molecule has 2 N–H and O–H groups in total. The molecule has 0 unspecified atom stereocenters. The molecule has 0 saturated carbocycles. The summed E-state index contributed by atoms with van der Waals surface area (Å²) in [6.07, 6.45) is 0. The normalized spacial score (nSPS) is 12.8. The molecule has 2 aliphatic heterocycles. The minimum atomic E-state index is -1.53. The number of aromatic nitrogens is 6. The molecule has 0 fully saturated rings. The standard InChI is InChI=1S/C52H34N4.C31H22BNO2.C21H14ClN3.CH4/c1-4-17-35(18-5-1)49-53-50(36-19-6-2-7-20-36)55-51(54-49)39-22-16-21-37(33-39)38-31-32-42-41-25-10-11-26-43(41)52(46(42)34-38)44-27-12-14-29-47(44)56(40-23-8-3-9-24-40)48-30-15-13-28-45(48)52;34-32(35)21-18-19-24-23-12-4-5-13-25(23)31(28(24)20-21)26-14-6-8-16-29(26)33(22-10-2-1-3-11-22)30-17-9-7-15-27(30)31;22-18-13-7-12-17(14-18)21-24-19(15-8-3-1-4-9-15)23-20(25-21)16-10-5-2-6-11-16;/h1-34H;1-20,34-35H;1-14H;1H4. The van der Waals surface area contributed by atoms with Gasteiger partial charge in [-0.15, -0.1) is 0 Å². The number of halogens is 1. The molecule has 0 saturated heterocycles. The second kappa shape index (κ2) is 30.7. The number of para-hydroxylation sites is 6. The lowest BCUT2D eigenvalue weighted by Crippen LogP contribution is -2.38. The first-order valence-electron chi connectivity index (χ1n) is 38.8. The van der Waals surface area contributed by atoms with Gasteiger partial charge in [-0.25, -0.2) is 29.9 Å². The average molecular weight is 1530 g/mol. The van der Waals surface area contributed by atoms with Gasteiger partial charge in [0.05, 0.1) is 33.6 Å². The topological polar surface area (TPSA) is 124 Å². The molecule has 18 aromatic rings. The van der Waals surface area contributed by atoms with E-state index in [1.807, 2.05) is 170 Å². The van der Waals surface area contributed by atoms with E-state index in [1.165, 1.54) is 67.0 Å². The summed E-state index contributed by atoms with van der Waals surface area (Å²) in [5, 5.41) is 20.8. The van der Waals surface area contributed by atoms with Crippen LogP contribution >= 0.6 is 11.6 Å². The molecular formula is C105H74BClN8O2. The van der Waals surface area contributed by atoms with Crippen molar-refractivity contribution in [2.75, 3.05) is 9.80 Å². The fourth-order valence-electron chi connectivity index (χ4n) is 17.6. The van der Waals surface area contributed by atoms with Crippen LogP contribution in [0, 0.1) is 0 Å². The van der Waals surface area contributed by atoms with Gasteiger partial charge >= 0.3 is 7.12 Å². The van der Waals surface area contributed by atoms with Gasteiger partial charge in [-0.05, 0) is 156 Å². The van der Waals surface area contributed by atoms with E-state index in [2.05, 4.69) is 267 Å². The predicted molar refractivity (Wildman–Crippen MR) is 477 cm³/mol. The average Bonchev–Trinajstić information content (AvgIpc) is 1.55. The molecule has 0 amide bonds. The summed E-state index contributed by atoms with van der Waals surface area (Å²) < 4.78 is 0. The first-order chi connectivity index (χ1) is 57.3. The molecule has 0 atom stereocenters. The lowest BCUT2D eigenvalue weighted by molar-refractivity contribution is 0.425. The fourth-order valence-corrected chi connectivity index (χ4v) is 17.8. The molecule has 22 rings (SSSR count). The Kier molecular flexibility index (Phi) is 19.1. The van der Waals surface area contributed by atoms with Gasteiger partial charge in [-0.3, -0.25) is 0 Å². The second-order valence-electron chi connectivity index (χ2n) is 29.1. The highest BCUT2D eigenvalue weighted by atomic mass is 35.5. The molecule has 556 valence electrons. The van der Waals surface area contributed by atoms with Crippen molar-refractivity contribution in [3.63, 3.8) is 0 Å². The van der Waals surface area contributed by atoms with Gasteiger partial charge in [-0.1, -0.05) is 359 Å². The number of benzene rings is 16. The molecule has 12 heteroatoms. The zero-order chi connectivity index (χ0) is 77.7. The maximum absolute atomic E-state index is 10.1.